The Morgan fingerprint density at radius 3 is 3.08 bits per heavy atom. The molecule has 0 spiro atoms. The van der Waals surface area contributed by atoms with Crippen molar-refractivity contribution < 1.29 is 4.74 Å². The first kappa shape index (κ1) is 8.38. The number of likely N-dealkylation sites (N-methyl/N-ethyl adjacent to an activating group) is 1. The predicted molar refractivity (Wildman–Crippen MR) is 53.3 cm³/mol. The van der Waals surface area contributed by atoms with Crippen LogP contribution in [-0.4, -0.2) is 20.7 Å². The van der Waals surface area contributed by atoms with Crippen LogP contribution in [0.3, 0.4) is 0 Å². The van der Waals surface area contributed by atoms with Crippen molar-refractivity contribution in [1.82, 2.24) is 5.32 Å². The van der Waals surface area contributed by atoms with Gasteiger partial charge in [-0.15, -0.1) is 0 Å². The fourth-order valence-corrected chi connectivity index (χ4v) is 1.70. The first-order valence-corrected chi connectivity index (χ1v) is 4.44. The van der Waals surface area contributed by atoms with Crippen molar-refractivity contribution in [2.75, 3.05) is 26.0 Å². The first-order chi connectivity index (χ1) is 6.35. The normalized spacial score (nSPS) is 19.4. The van der Waals surface area contributed by atoms with Gasteiger partial charge in [0.2, 0.25) is 0 Å². The second-order valence-corrected chi connectivity index (χ2v) is 3.18. The smallest absolute Gasteiger partial charge is 0.120 e. The third kappa shape index (κ3) is 1.35. The zero-order chi connectivity index (χ0) is 9.26. The van der Waals surface area contributed by atoms with E-state index in [-0.39, 0.29) is 0 Å². The fraction of sp³-hybridized carbons (Fsp3) is 0.400. The van der Waals surface area contributed by atoms with Gasteiger partial charge in [-0.25, -0.2) is 0 Å². The summed E-state index contributed by atoms with van der Waals surface area (Å²) >= 11 is 0. The molecule has 3 nitrogen and oxygen atoms in total. The summed E-state index contributed by atoms with van der Waals surface area (Å²) in [4.78, 5) is 0. The molecule has 3 heteroatoms. The van der Waals surface area contributed by atoms with Gasteiger partial charge in [0, 0.05) is 18.3 Å². The Morgan fingerprint density at radius 1 is 1.54 bits per heavy atom. The van der Waals surface area contributed by atoms with Crippen molar-refractivity contribution in [3.8, 4) is 5.75 Å². The standard InChI is InChI=1S/C10H14N2O/c1-11-10-6-12-9-5-7(13-2)3-4-8(9)10/h3-5,10-12H,6H2,1-2H3. The largest absolute Gasteiger partial charge is 0.497 e. The summed E-state index contributed by atoms with van der Waals surface area (Å²) in [5.74, 6) is 0.906. The van der Waals surface area contributed by atoms with Crippen LogP contribution in [0.25, 0.3) is 0 Å². The van der Waals surface area contributed by atoms with Crippen LogP contribution in [0.15, 0.2) is 18.2 Å². The molecule has 0 radical (unpaired) electrons. The summed E-state index contributed by atoms with van der Waals surface area (Å²) in [5, 5.41) is 6.59. The third-order valence-corrected chi connectivity index (χ3v) is 2.48. The van der Waals surface area contributed by atoms with E-state index in [1.54, 1.807) is 7.11 Å². The zero-order valence-electron chi connectivity index (χ0n) is 7.92. The molecule has 0 saturated heterocycles. The average molecular weight is 178 g/mol. The lowest BCUT2D eigenvalue weighted by Crippen LogP contribution is -2.17. The van der Waals surface area contributed by atoms with Gasteiger partial charge in [0.25, 0.3) is 0 Å². The zero-order valence-corrected chi connectivity index (χ0v) is 7.92. The van der Waals surface area contributed by atoms with Gasteiger partial charge in [0.05, 0.1) is 13.2 Å². The molecule has 0 bridgehead atoms. The molecule has 2 rings (SSSR count). The summed E-state index contributed by atoms with van der Waals surface area (Å²) in [6, 6.07) is 6.57. The summed E-state index contributed by atoms with van der Waals surface area (Å²) < 4.78 is 5.15. The number of anilines is 1. The maximum Gasteiger partial charge on any atom is 0.120 e. The van der Waals surface area contributed by atoms with Crippen LogP contribution in [0.1, 0.15) is 11.6 Å². The molecule has 0 amide bonds. The minimum atomic E-state index is 0.431. The molecule has 13 heavy (non-hydrogen) atoms. The Morgan fingerprint density at radius 2 is 2.38 bits per heavy atom. The highest BCUT2D eigenvalue weighted by molar-refractivity contribution is 5.60. The molecular formula is C10H14N2O. The lowest BCUT2D eigenvalue weighted by molar-refractivity contribution is 0.415. The first-order valence-electron chi connectivity index (χ1n) is 4.44. The number of hydrogen-bond acceptors (Lipinski definition) is 3. The maximum atomic E-state index is 5.15. The van der Waals surface area contributed by atoms with Crippen LogP contribution in [0.4, 0.5) is 5.69 Å². The van der Waals surface area contributed by atoms with Gasteiger partial charge in [-0.3, -0.25) is 0 Å². The van der Waals surface area contributed by atoms with Gasteiger partial charge < -0.3 is 15.4 Å². The number of methoxy groups -OCH3 is 1. The second-order valence-electron chi connectivity index (χ2n) is 3.18. The fourth-order valence-electron chi connectivity index (χ4n) is 1.70. The van der Waals surface area contributed by atoms with Crippen molar-refractivity contribution in [2.24, 2.45) is 0 Å². The van der Waals surface area contributed by atoms with Gasteiger partial charge in [-0.05, 0) is 18.7 Å². The number of nitrogens with one attached hydrogen (secondary N) is 2. The van der Waals surface area contributed by atoms with Crippen LogP contribution >= 0.6 is 0 Å². The third-order valence-electron chi connectivity index (χ3n) is 2.48. The van der Waals surface area contributed by atoms with Crippen LogP contribution in [0.2, 0.25) is 0 Å². The van der Waals surface area contributed by atoms with E-state index in [0.29, 0.717) is 6.04 Å². The maximum absolute atomic E-state index is 5.15. The van der Waals surface area contributed by atoms with Crippen LogP contribution in [0, 0.1) is 0 Å². The van der Waals surface area contributed by atoms with E-state index >= 15 is 0 Å². The van der Waals surface area contributed by atoms with Crippen molar-refractivity contribution in [2.45, 2.75) is 6.04 Å². The van der Waals surface area contributed by atoms with E-state index in [9.17, 15) is 0 Å². The van der Waals surface area contributed by atoms with E-state index in [0.717, 1.165) is 12.3 Å². The minimum absolute atomic E-state index is 0.431. The molecule has 70 valence electrons. The van der Waals surface area contributed by atoms with E-state index in [2.05, 4.69) is 16.7 Å². The highest BCUT2D eigenvalue weighted by Crippen LogP contribution is 2.32. The topological polar surface area (TPSA) is 33.3 Å². The van der Waals surface area contributed by atoms with E-state index in [4.69, 9.17) is 4.74 Å². The highest BCUT2D eigenvalue weighted by atomic mass is 16.5. The Labute approximate surface area is 78.1 Å². The molecule has 1 aliphatic rings. The predicted octanol–water partition coefficient (Wildman–Crippen LogP) is 1.38. The molecule has 1 heterocycles. The van der Waals surface area contributed by atoms with E-state index < -0.39 is 0 Å². The lowest BCUT2D eigenvalue weighted by Gasteiger charge is -2.08. The summed E-state index contributed by atoms with van der Waals surface area (Å²) in [7, 11) is 3.66. The second kappa shape index (κ2) is 3.26. The number of fused-ring (bicyclic) bond motifs is 1. The lowest BCUT2D eigenvalue weighted by atomic mass is 10.1. The van der Waals surface area contributed by atoms with Crippen LogP contribution in [-0.2, 0) is 0 Å². The minimum Gasteiger partial charge on any atom is -0.497 e. The Hall–Kier alpha value is -1.22. The van der Waals surface area contributed by atoms with Gasteiger partial charge in [0.1, 0.15) is 5.75 Å². The SMILES string of the molecule is CNC1CNc2cc(OC)ccc21. The van der Waals surface area contributed by atoms with Crippen molar-refractivity contribution in [3.63, 3.8) is 0 Å². The highest BCUT2D eigenvalue weighted by Gasteiger charge is 2.20. The number of hydrogen-bond donors (Lipinski definition) is 2. The van der Waals surface area contributed by atoms with Gasteiger partial charge in [-0.2, -0.15) is 0 Å². The molecule has 0 saturated carbocycles. The Balaban J connectivity index is 2.34. The molecule has 0 fully saturated rings. The summed E-state index contributed by atoms with van der Waals surface area (Å²) in [6.07, 6.45) is 0. The number of ether oxygens (including phenoxy) is 1. The molecule has 0 aliphatic carbocycles. The molecule has 1 aliphatic heterocycles. The quantitative estimate of drug-likeness (QED) is 0.717. The molecule has 2 N–H and O–H groups in total. The Bertz CT molecular complexity index is 312. The van der Waals surface area contributed by atoms with Gasteiger partial charge in [0.15, 0.2) is 0 Å². The summed E-state index contributed by atoms with van der Waals surface area (Å²) in [5.41, 5.74) is 2.50. The van der Waals surface area contributed by atoms with Crippen molar-refractivity contribution >= 4 is 5.69 Å². The average Bonchev–Trinajstić information content (AvgIpc) is 2.59. The monoisotopic (exact) mass is 178 g/mol. The molecule has 1 aromatic carbocycles. The molecule has 1 unspecified atom stereocenters. The van der Waals surface area contributed by atoms with Gasteiger partial charge in [-0.1, -0.05) is 6.07 Å². The number of benzene rings is 1. The molecular weight excluding hydrogens is 164 g/mol. The van der Waals surface area contributed by atoms with Crippen LogP contribution < -0.4 is 15.4 Å². The molecule has 0 aromatic heterocycles. The Kier molecular flexibility index (Phi) is 2.10. The van der Waals surface area contributed by atoms with Crippen molar-refractivity contribution in [3.05, 3.63) is 23.8 Å². The van der Waals surface area contributed by atoms with Gasteiger partial charge >= 0.3 is 0 Å². The molecule has 1 aromatic rings. The summed E-state index contributed by atoms with van der Waals surface area (Å²) in [6.45, 7) is 0.957. The van der Waals surface area contributed by atoms with Crippen molar-refractivity contribution in [1.29, 1.82) is 0 Å². The number of rotatable bonds is 2. The molecule has 1 atom stereocenters. The van der Waals surface area contributed by atoms with E-state index in [1.165, 1.54) is 11.3 Å². The van der Waals surface area contributed by atoms with E-state index in [1.807, 2.05) is 19.2 Å². The van der Waals surface area contributed by atoms with Crippen LogP contribution in [0.5, 0.6) is 5.75 Å².